The molecule has 0 saturated heterocycles. The summed E-state index contributed by atoms with van der Waals surface area (Å²) in [7, 11) is 0. The fourth-order valence-corrected chi connectivity index (χ4v) is 2.78. The van der Waals surface area contributed by atoms with E-state index in [9.17, 15) is 5.11 Å². The lowest BCUT2D eigenvalue weighted by Crippen LogP contribution is -2.15. The number of benzene rings is 2. The van der Waals surface area contributed by atoms with E-state index in [2.05, 4.69) is 13.8 Å². The van der Waals surface area contributed by atoms with Gasteiger partial charge in [0, 0.05) is 11.6 Å². The molecule has 2 heteroatoms. The molecule has 1 N–H and O–H groups in total. The molecule has 1 atom stereocenters. The lowest BCUT2D eigenvalue weighted by Gasteiger charge is -2.18. The van der Waals surface area contributed by atoms with E-state index in [1.807, 2.05) is 42.5 Å². The van der Waals surface area contributed by atoms with E-state index in [-0.39, 0.29) is 11.9 Å². The smallest absolute Gasteiger partial charge is 0.127 e. The number of ether oxygens (including phenoxy) is 1. The lowest BCUT2D eigenvalue weighted by molar-refractivity contribution is 0.182. The Balaban J connectivity index is 1.99. The second kappa shape index (κ2) is 9.24. The van der Waals surface area contributed by atoms with Crippen molar-refractivity contribution in [3.63, 3.8) is 0 Å². The van der Waals surface area contributed by atoms with Gasteiger partial charge in [-0.05, 0) is 37.0 Å². The minimum absolute atomic E-state index is 0.230. The van der Waals surface area contributed by atoms with E-state index in [4.69, 9.17) is 4.74 Å². The first kappa shape index (κ1) is 17.4. The van der Waals surface area contributed by atoms with Crippen molar-refractivity contribution in [1.82, 2.24) is 0 Å². The van der Waals surface area contributed by atoms with Crippen LogP contribution in [0.15, 0.2) is 48.5 Å². The summed E-state index contributed by atoms with van der Waals surface area (Å²) in [5, 5.41) is 10.3. The lowest BCUT2D eigenvalue weighted by atomic mass is 10.0. The molecule has 0 saturated carbocycles. The highest BCUT2D eigenvalue weighted by Crippen LogP contribution is 2.33. The number of aromatic hydroxyl groups is 1. The average Bonchev–Trinajstić information content (AvgIpc) is 2.58. The first-order chi connectivity index (χ1) is 11.2. The van der Waals surface area contributed by atoms with Crippen molar-refractivity contribution in [1.29, 1.82) is 0 Å². The van der Waals surface area contributed by atoms with Gasteiger partial charge in [0.25, 0.3) is 0 Å². The Labute approximate surface area is 140 Å². The van der Waals surface area contributed by atoms with Crippen molar-refractivity contribution < 1.29 is 9.84 Å². The molecule has 0 fully saturated rings. The molecule has 2 nitrogen and oxygen atoms in total. The molecule has 0 heterocycles. The normalized spacial score (nSPS) is 12.1. The maximum absolute atomic E-state index is 10.3. The molecule has 23 heavy (non-hydrogen) atoms. The Morgan fingerprint density at radius 2 is 1.74 bits per heavy atom. The first-order valence-corrected chi connectivity index (χ1v) is 8.79. The van der Waals surface area contributed by atoms with Crippen molar-refractivity contribution in [3.8, 4) is 22.6 Å². The summed E-state index contributed by atoms with van der Waals surface area (Å²) in [5.41, 5.74) is 1.86. The van der Waals surface area contributed by atoms with Gasteiger partial charge in [-0.1, -0.05) is 63.4 Å². The van der Waals surface area contributed by atoms with Crippen molar-refractivity contribution in [2.45, 2.75) is 58.5 Å². The Bertz CT molecular complexity index is 578. The van der Waals surface area contributed by atoms with Crippen molar-refractivity contribution in [2.24, 2.45) is 0 Å². The summed E-state index contributed by atoms with van der Waals surface area (Å²) >= 11 is 0. The van der Waals surface area contributed by atoms with Gasteiger partial charge in [-0.2, -0.15) is 0 Å². The molecular weight excluding hydrogens is 284 g/mol. The Kier molecular flexibility index (Phi) is 6.99. The summed E-state index contributed by atoms with van der Waals surface area (Å²) in [5.74, 6) is 1.03. The van der Waals surface area contributed by atoms with E-state index in [1.165, 1.54) is 25.7 Å². The third kappa shape index (κ3) is 5.31. The first-order valence-electron chi connectivity index (χ1n) is 8.79. The number of phenolic OH excluding ortho intramolecular Hbond substituents is 1. The van der Waals surface area contributed by atoms with Crippen molar-refractivity contribution in [2.75, 3.05) is 0 Å². The van der Waals surface area contributed by atoms with Gasteiger partial charge in [0.1, 0.15) is 11.5 Å². The molecule has 0 aromatic heterocycles. The van der Waals surface area contributed by atoms with Gasteiger partial charge in [-0.15, -0.1) is 0 Å². The zero-order chi connectivity index (χ0) is 16.5. The van der Waals surface area contributed by atoms with E-state index in [1.54, 1.807) is 6.07 Å². The third-order valence-corrected chi connectivity index (χ3v) is 4.19. The summed E-state index contributed by atoms with van der Waals surface area (Å²) < 4.78 is 6.06. The summed E-state index contributed by atoms with van der Waals surface area (Å²) in [4.78, 5) is 0. The predicted octanol–water partition coefficient (Wildman–Crippen LogP) is 6.19. The molecular formula is C21H28O2. The fourth-order valence-electron chi connectivity index (χ4n) is 2.78. The van der Waals surface area contributed by atoms with E-state index in [0.717, 1.165) is 29.7 Å². The van der Waals surface area contributed by atoms with Crippen LogP contribution in [-0.4, -0.2) is 11.2 Å². The number of hydrogen-bond acceptors (Lipinski definition) is 2. The number of rotatable bonds is 9. The highest BCUT2D eigenvalue weighted by molar-refractivity contribution is 5.70. The van der Waals surface area contributed by atoms with Crippen molar-refractivity contribution >= 4 is 0 Å². The van der Waals surface area contributed by atoms with Gasteiger partial charge in [0.05, 0.1) is 6.10 Å². The number of unbranched alkanes of at least 4 members (excludes halogenated alkanes) is 3. The van der Waals surface area contributed by atoms with Crippen LogP contribution in [0.2, 0.25) is 0 Å². The van der Waals surface area contributed by atoms with Crippen LogP contribution in [0.5, 0.6) is 11.5 Å². The van der Waals surface area contributed by atoms with Crippen LogP contribution in [0.25, 0.3) is 11.1 Å². The maximum atomic E-state index is 10.3. The predicted molar refractivity (Wildman–Crippen MR) is 97.0 cm³/mol. The molecule has 1 unspecified atom stereocenters. The number of hydrogen-bond donors (Lipinski definition) is 1. The van der Waals surface area contributed by atoms with Crippen molar-refractivity contribution in [3.05, 3.63) is 48.5 Å². The summed E-state index contributed by atoms with van der Waals surface area (Å²) in [6, 6.07) is 15.5. The number of phenols is 1. The summed E-state index contributed by atoms with van der Waals surface area (Å²) in [6.07, 6.45) is 7.34. The average molecular weight is 312 g/mol. The van der Waals surface area contributed by atoms with Gasteiger partial charge in [0.15, 0.2) is 0 Å². The molecule has 0 bridgehead atoms. The van der Waals surface area contributed by atoms with Crippen LogP contribution < -0.4 is 4.74 Å². The highest BCUT2D eigenvalue weighted by Gasteiger charge is 2.10. The molecule has 0 spiro atoms. The fraction of sp³-hybridized carbons (Fsp3) is 0.429. The van der Waals surface area contributed by atoms with E-state index < -0.39 is 0 Å². The van der Waals surface area contributed by atoms with Crippen LogP contribution in [0, 0.1) is 0 Å². The van der Waals surface area contributed by atoms with Crippen LogP contribution in [0.3, 0.4) is 0 Å². The molecule has 2 aromatic rings. The zero-order valence-corrected chi connectivity index (χ0v) is 14.3. The molecule has 2 rings (SSSR count). The SMILES string of the molecule is CCCCCCC(CC)Oc1ccc(-c2ccccc2)c(O)c1. The van der Waals surface area contributed by atoms with Crippen LogP contribution in [-0.2, 0) is 0 Å². The van der Waals surface area contributed by atoms with Gasteiger partial charge in [-0.3, -0.25) is 0 Å². The maximum Gasteiger partial charge on any atom is 0.127 e. The Hall–Kier alpha value is -1.96. The topological polar surface area (TPSA) is 29.5 Å². The standard InChI is InChI=1S/C21H28O2/c1-3-5-6-10-13-18(4-2)23-19-14-15-20(21(22)16-19)17-11-8-7-9-12-17/h7-9,11-12,14-16,18,22H,3-6,10,13H2,1-2H3. The van der Waals surface area contributed by atoms with Gasteiger partial charge >= 0.3 is 0 Å². The zero-order valence-electron chi connectivity index (χ0n) is 14.3. The second-order valence-corrected chi connectivity index (χ2v) is 6.04. The highest BCUT2D eigenvalue weighted by atomic mass is 16.5. The monoisotopic (exact) mass is 312 g/mol. The Morgan fingerprint density at radius 1 is 0.957 bits per heavy atom. The molecule has 0 aliphatic rings. The van der Waals surface area contributed by atoms with Crippen LogP contribution >= 0.6 is 0 Å². The minimum atomic E-state index is 0.230. The van der Waals surface area contributed by atoms with Crippen LogP contribution in [0.4, 0.5) is 0 Å². The van der Waals surface area contributed by atoms with E-state index >= 15 is 0 Å². The third-order valence-electron chi connectivity index (χ3n) is 4.19. The van der Waals surface area contributed by atoms with E-state index in [0.29, 0.717) is 0 Å². The van der Waals surface area contributed by atoms with Gasteiger partial charge < -0.3 is 9.84 Å². The summed E-state index contributed by atoms with van der Waals surface area (Å²) in [6.45, 7) is 4.38. The largest absolute Gasteiger partial charge is 0.507 e. The van der Waals surface area contributed by atoms with Gasteiger partial charge in [0.2, 0.25) is 0 Å². The molecule has 0 aliphatic heterocycles. The Morgan fingerprint density at radius 3 is 2.39 bits per heavy atom. The minimum Gasteiger partial charge on any atom is -0.507 e. The molecule has 2 aromatic carbocycles. The quantitative estimate of drug-likeness (QED) is 0.560. The van der Waals surface area contributed by atoms with Crippen LogP contribution in [0.1, 0.15) is 52.4 Å². The molecule has 124 valence electrons. The van der Waals surface area contributed by atoms with Gasteiger partial charge in [-0.25, -0.2) is 0 Å². The molecule has 0 radical (unpaired) electrons. The second-order valence-electron chi connectivity index (χ2n) is 6.04. The molecule has 0 aliphatic carbocycles. The molecule has 0 amide bonds.